The number of nitrogens with one attached hydrogen (secondary N) is 1. The zero-order chi connectivity index (χ0) is 23.1. The fourth-order valence-electron chi connectivity index (χ4n) is 4.03. The lowest BCUT2D eigenvalue weighted by molar-refractivity contribution is -0.125. The van der Waals surface area contributed by atoms with Crippen molar-refractivity contribution >= 4 is 40.1 Å². The van der Waals surface area contributed by atoms with Gasteiger partial charge in [-0.3, -0.25) is 19.7 Å². The van der Waals surface area contributed by atoms with Gasteiger partial charge in [0.2, 0.25) is 11.8 Å². The predicted octanol–water partition coefficient (Wildman–Crippen LogP) is 4.72. The number of aromatic nitrogens is 2. The summed E-state index contributed by atoms with van der Waals surface area (Å²) in [6, 6.07) is 18.3. The Balaban J connectivity index is 1.62. The lowest BCUT2D eigenvalue weighted by atomic mass is 9.96. The zero-order valence-electron chi connectivity index (χ0n) is 17.2. The largest absolute Gasteiger partial charge is 0.296 e. The van der Waals surface area contributed by atoms with Crippen LogP contribution in [0, 0.1) is 11.7 Å². The molecule has 4 aromatic rings. The molecule has 1 saturated heterocycles. The van der Waals surface area contributed by atoms with E-state index in [-0.39, 0.29) is 30.3 Å². The van der Waals surface area contributed by atoms with Crippen LogP contribution < -0.4 is 5.32 Å². The average Bonchev–Trinajstić information content (AvgIpc) is 3.33. The SMILES string of the molecule is O=C1CC(CC(=O)c2ccc3c(-c4ccccc4Cl)nn(-c4ccc(F)cc4)c3c2)C(=O)N1. The molecule has 8 heteroatoms. The minimum Gasteiger partial charge on any atom is -0.296 e. The number of carbonyl (C=O) groups is 3. The van der Waals surface area contributed by atoms with E-state index in [1.165, 1.54) is 12.1 Å². The summed E-state index contributed by atoms with van der Waals surface area (Å²) in [5.74, 6) is -2.08. The highest BCUT2D eigenvalue weighted by Crippen LogP contribution is 2.34. The number of imide groups is 1. The Bertz CT molecular complexity index is 1430. The van der Waals surface area contributed by atoms with E-state index in [0.717, 1.165) is 10.9 Å². The smallest absolute Gasteiger partial charge is 0.230 e. The van der Waals surface area contributed by atoms with Crippen molar-refractivity contribution in [3.05, 3.63) is 83.1 Å². The number of hydrogen-bond acceptors (Lipinski definition) is 4. The van der Waals surface area contributed by atoms with E-state index < -0.39 is 11.8 Å². The molecule has 1 fully saturated rings. The first-order valence-electron chi connectivity index (χ1n) is 10.3. The lowest BCUT2D eigenvalue weighted by Crippen LogP contribution is -2.23. The molecule has 0 radical (unpaired) electrons. The molecule has 33 heavy (non-hydrogen) atoms. The van der Waals surface area contributed by atoms with Crippen molar-refractivity contribution in [3.63, 3.8) is 0 Å². The quantitative estimate of drug-likeness (QED) is 0.344. The van der Waals surface area contributed by atoms with Crippen LogP contribution in [-0.4, -0.2) is 27.4 Å². The molecule has 1 N–H and O–H groups in total. The molecule has 0 aliphatic carbocycles. The summed E-state index contributed by atoms with van der Waals surface area (Å²) in [4.78, 5) is 36.3. The van der Waals surface area contributed by atoms with Gasteiger partial charge < -0.3 is 0 Å². The first-order chi connectivity index (χ1) is 15.9. The number of carbonyl (C=O) groups excluding carboxylic acids is 3. The molecule has 1 aromatic heterocycles. The third-order valence-electron chi connectivity index (χ3n) is 5.70. The summed E-state index contributed by atoms with van der Waals surface area (Å²) in [5, 5.41) is 8.25. The monoisotopic (exact) mass is 461 g/mol. The Morgan fingerprint density at radius 3 is 2.55 bits per heavy atom. The molecule has 3 aromatic carbocycles. The Morgan fingerprint density at radius 1 is 1.09 bits per heavy atom. The van der Waals surface area contributed by atoms with Gasteiger partial charge in [-0.05, 0) is 42.5 Å². The molecule has 1 aliphatic heterocycles. The first-order valence-corrected chi connectivity index (χ1v) is 10.7. The van der Waals surface area contributed by atoms with Gasteiger partial charge in [0.1, 0.15) is 11.5 Å². The highest BCUT2D eigenvalue weighted by Gasteiger charge is 2.32. The van der Waals surface area contributed by atoms with Crippen molar-refractivity contribution in [2.24, 2.45) is 5.92 Å². The van der Waals surface area contributed by atoms with E-state index >= 15 is 0 Å². The Morgan fingerprint density at radius 2 is 1.85 bits per heavy atom. The third-order valence-corrected chi connectivity index (χ3v) is 6.03. The van der Waals surface area contributed by atoms with E-state index in [9.17, 15) is 18.8 Å². The minimum absolute atomic E-state index is 0.0109. The Hall–Kier alpha value is -3.84. The molecule has 2 heterocycles. The van der Waals surface area contributed by atoms with Gasteiger partial charge in [-0.2, -0.15) is 5.10 Å². The molecule has 1 aliphatic rings. The van der Waals surface area contributed by atoms with Crippen LogP contribution in [0.5, 0.6) is 0 Å². The summed E-state index contributed by atoms with van der Waals surface area (Å²) in [7, 11) is 0. The molecular weight excluding hydrogens is 445 g/mol. The number of Topliss-reactive ketones (excluding diaryl/α,β-unsaturated/α-hetero) is 1. The number of fused-ring (bicyclic) bond motifs is 1. The van der Waals surface area contributed by atoms with Crippen LogP contribution in [0.2, 0.25) is 5.02 Å². The molecule has 164 valence electrons. The van der Waals surface area contributed by atoms with Crippen molar-refractivity contribution in [3.8, 4) is 16.9 Å². The zero-order valence-corrected chi connectivity index (χ0v) is 18.0. The standard InChI is InChI=1S/C25H17ClFN3O3/c26-20-4-2-1-3-18(20)24-19-10-5-14(22(31)12-15-13-23(32)28-25(15)33)11-21(19)30(29-24)17-8-6-16(27)7-9-17/h1-11,15H,12-13H2,(H,28,32,33). The molecule has 0 bridgehead atoms. The van der Waals surface area contributed by atoms with Crippen LogP contribution in [0.15, 0.2) is 66.7 Å². The first kappa shape index (κ1) is 21.0. The number of amides is 2. The van der Waals surface area contributed by atoms with E-state index in [1.54, 1.807) is 41.1 Å². The molecule has 0 spiro atoms. The van der Waals surface area contributed by atoms with Gasteiger partial charge in [0.25, 0.3) is 0 Å². The molecular formula is C25H17ClFN3O3. The third kappa shape index (κ3) is 3.91. The number of rotatable bonds is 5. The van der Waals surface area contributed by atoms with Gasteiger partial charge in [0.05, 0.1) is 22.1 Å². The van der Waals surface area contributed by atoms with Crippen LogP contribution in [0.4, 0.5) is 4.39 Å². The minimum atomic E-state index is -0.665. The maximum Gasteiger partial charge on any atom is 0.230 e. The van der Waals surface area contributed by atoms with Gasteiger partial charge in [-0.25, -0.2) is 9.07 Å². The molecule has 1 unspecified atom stereocenters. The van der Waals surface area contributed by atoms with Crippen LogP contribution in [0.25, 0.3) is 27.8 Å². The number of hydrogen-bond donors (Lipinski definition) is 1. The maximum absolute atomic E-state index is 13.5. The average molecular weight is 462 g/mol. The number of benzene rings is 3. The van der Waals surface area contributed by atoms with Crippen molar-refractivity contribution in [2.45, 2.75) is 12.8 Å². The van der Waals surface area contributed by atoms with Crippen molar-refractivity contribution in [2.75, 3.05) is 0 Å². The molecule has 6 nitrogen and oxygen atoms in total. The lowest BCUT2D eigenvalue weighted by Gasteiger charge is -2.07. The normalized spacial score (nSPS) is 15.8. The predicted molar refractivity (Wildman–Crippen MR) is 122 cm³/mol. The van der Waals surface area contributed by atoms with Gasteiger partial charge in [0.15, 0.2) is 5.78 Å². The van der Waals surface area contributed by atoms with Gasteiger partial charge in [-0.15, -0.1) is 0 Å². The van der Waals surface area contributed by atoms with Gasteiger partial charge in [-0.1, -0.05) is 35.9 Å². The van der Waals surface area contributed by atoms with Crippen molar-refractivity contribution in [1.29, 1.82) is 0 Å². The number of ketones is 1. The maximum atomic E-state index is 13.5. The number of nitrogens with zero attached hydrogens (tertiary/aromatic N) is 2. The summed E-state index contributed by atoms with van der Waals surface area (Å²) in [6.07, 6.45) is -0.0535. The second-order valence-electron chi connectivity index (χ2n) is 7.89. The molecule has 1 atom stereocenters. The molecule has 2 amide bonds. The molecule has 0 saturated carbocycles. The van der Waals surface area contributed by atoms with Crippen LogP contribution in [-0.2, 0) is 9.59 Å². The van der Waals surface area contributed by atoms with Crippen molar-refractivity contribution < 1.29 is 18.8 Å². The highest BCUT2D eigenvalue weighted by molar-refractivity contribution is 6.33. The van der Waals surface area contributed by atoms with E-state index in [2.05, 4.69) is 5.32 Å². The molecule has 5 rings (SSSR count). The van der Waals surface area contributed by atoms with Crippen LogP contribution in [0.3, 0.4) is 0 Å². The number of halogens is 2. The van der Waals surface area contributed by atoms with Crippen LogP contribution >= 0.6 is 11.6 Å². The highest BCUT2D eigenvalue weighted by atomic mass is 35.5. The Kier molecular flexibility index (Phi) is 5.26. The summed E-state index contributed by atoms with van der Waals surface area (Å²) < 4.78 is 15.1. The fourth-order valence-corrected chi connectivity index (χ4v) is 4.26. The van der Waals surface area contributed by atoms with E-state index in [1.807, 2.05) is 18.2 Å². The van der Waals surface area contributed by atoms with Gasteiger partial charge in [0, 0.05) is 29.4 Å². The Labute approximate surface area is 193 Å². The van der Waals surface area contributed by atoms with E-state index in [0.29, 0.717) is 27.5 Å². The summed E-state index contributed by atoms with van der Waals surface area (Å²) in [5.41, 5.74) is 2.99. The van der Waals surface area contributed by atoms with Crippen LogP contribution in [0.1, 0.15) is 23.2 Å². The van der Waals surface area contributed by atoms with E-state index in [4.69, 9.17) is 16.7 Å². The summed E-state index contributed by atoms with van der Waals surface area (Å²) in [6.45, 7) is 0. The topological polar surface area (TPSA) is 81.1 Å². The second kappa shape index (κ2) is 8.26. The second-order valence-corrected chi connectivity index (χ2v) is 8.30. The summed E-state index contributed by atoms with van der Waals surface area (Å²) >= 11 is 6.42. The fraction of sp³-hybridized carbons (Fsp3) is 0.120. The van der Waals surface area contributed by atoms with Crippen molar-refractivity contribution in [1.82, 2.24) is 15.1 Å². The van der Waals surface area contributed by atoms with Gasteiger partial charge >= 0.3 is 0 Å².